The van der Waals surface area contributed by atoms with Crippen LogP contribution in [0.15, 0.2) is 24.5 Å². The highest BCUT2D eigenvalue weighted by molar-refractivity contribution is 5.13. The van der Waals surface area contributed by atoms with Crippen LogP contribution in [0.1, 0.15) is 44.2 Å². The number of hydrogen-bond donors (Lipinski definition) is 1. The van der Waals surface area contributed by atoms with E-state index in [1.807, 2.05) is 12.4 Å². The van der Waals surface area contributed by atoms with Crippen molar-refractivity contribution in [1.29, 1.82) is 0 Å². The number of nitrogens with one attached hydrogen (secondary N) is 1. The van der Waals surface area contributed by atoms with Gasteiger partial charge >= 0.3 is 0 Å². The molecule has 3 rings (SSSR count). The maximum absolute atomic E-state index is 4.07. The first-order chi connectivity index (χ1) is 8.33. The van der Waals surface area contributed by atoms with E-state index >= 15 is 0 Å². The van der Waals surface area contributed by atoms with Gasteiger partial charge in [-0.05, 0) is 68.2 Å². The third kappa shape index (κ3) is 2.37. The minimum absolute atomic E-state index is 0.456. The quantitative estimate of drug-likeness (QED) is 0.859. The number of nitrogens with zero attached hydrogens (tertiary/aromatic N) is 1. The van der Waals surface area contributed by atoms with Gasteiger partial charge in [-0.3, -0.25) is 4.98 Å². The highest BCUT2D eigenvalue weighted by Gasteiger charge is 2.39. The molecule has 1 aromatic rings. The van der Waals surface area contributed by atoms with Crippen LogP contribution in [0.25, 0.3) is 0 Å². The minimum Gasteiger partial charge on any atom is -0.310 e. The molecule has 2 nitrogen and oxygen atoms in total. The van der Waals surface area contributed by atoms with Crippen LogP contribution < -0.4 is 5.32 Å². The lowest BCUT2D eigenvalue weighted by Gasteiger charge is -2.24. The van der Waals surface area contributed by atoms with E-state index in [1.54, 1.807) is 0 Å². The lowest BCUT2D eigenvalue weighted by Crippen LogP contribution is -2.28. The summed E-state index contributed by atoms with van der Waals surface area (Å²) < 4.78 is 0. The average molecular weight is 230 g/mol. The largest absolute Gasteiger partial charge is 0.310 e. The van der Waals surface area contributed by atoms with Gasteiger partial charge in [-0.25, -0.2) is 0 Å². The molecule has 0 radical (unpaired) electrons. The summed E-state index contributed by atoms with van der Waals surface area (Å²) in [4.78, 5) is 4.07. The van der Waals surface area contributed by atoms with Crippen LogP contribution in [0.5, 0.6) is 0 Å². The molecule has 92 valence electrons. The summed E-state index contributed by atoms with van der Waals surface area (Å²) in [7, 11) is 0. The molecule has 2 bridgehead atoms. The van der Waals surface area contributed by atoms with Gasteiger partial charge in [0, 0.05) is 18.4 Å². The van der Waals surface area contributed by atoms with Crippen molar-refractivity contribution in [3.63, 3.8) is 0 Å². The van der Waals surface area contributed by atoms with Crippen LogP contribution in [-0.4, -0.2) is 11.5 Å². The Hall–Kier alpha value is -0.890. The van der Waals surface area contributed by atoms with E-state index in [2.05, 4.69) is 29.4 Å². The Bertz CT molecular complexity index is 362. The fraction of sp³-hybridized carbons (Fsp3) is 0.667. The fourth-order valence-corrected chi connectivity index (χ4v) is 3.72. The average Bonchev–Trinajstić information content (AvgIpc) is 2.99. The van der Waals surface area contributed by atoms with Gasteiger partial charge in [-0.15, -0.1) is 0 Å². The molecule has 3 unspecified atom stereocenters. The first-order valence-electron chi connectivity index (χ1n) is 6.96. The van der Waals surface area contributed by atoms with E-state index in [1.165, 1.54) is 37.8 Å². The van der Waals surface area contributed by atoms with Crippen LogP contribution in [0.4, 0.5) is 0 Å². The number of fused-ring (bicyclic) bond motifs is 2. The van der Waals surface area contributed by atoms with Crippen molar-refractivity contribution in [1.82, 2.24) is 10.3 Å². The van der Waals surface area contributed by atoms with Crippen molar-refractivity contribution in [2.45, 2.75) is 38.6 Å². The van der Waals surface area contributed by atoms with Crippen molar-refractivity contribution < 1.29 is 0 Å². The second kappa shape index (κ2) is 4.77. The Morgan fingerprint density at radius 1 is 1.29 bits per heavy atom. The highest BCUT2D eigenvalue weighted by atomic mass is 14.9. The SMILES string of the molecule is C[C@H](NCC1CC2CCC1C2)c1ccncc1. The summed E-state index contributed by atoms with van der Waals surface area (Å²) in [5.74, 6) is 3.03. The number of aromatic nitrogens is 1. The van der Waals surface area contributed by atoms with Gasteiger partial charge < -0.3 is 5.32 Å². The van der Waals surface area contributed by atoms with Crippen LogP contribution in [0.3, 0.4) is 0 Å². The zero-order chi connectivity index (χ0) is 11.7. The maximum atomic E-state index is 4.07. The second-order valence-corrected chi connectivity index (χ2v) is 5.85. The topological polar surface area (TPSA) is 24.9 Å². The van der Waals surface area contributed by atoms with Crippen molar-refractivity contribution in [3.8, 4) is 0 Å². The molecule has 0 aliphatic heterocycles. The minimum atomic E-state index is 0.456. The van der Waals surface area contributed by atoms with Gasteiger partial charge in [0.1, 0.15) is 0 Å². The first-order valence-corrected chi connectivity index (χ1v) is 6.96. The molecule has 0 aromatic carbocycles. The molecule has 1 aromatic heterocycles. The highest BCUT2D eigenvalue weighted by Crippen LogP contribution is 2.48. The Morgan fingerprint density at radius 2 is 2.12 bits per heavy atom. The summed E-state index contributed by atoms with van der Waals surface area (Å²) in [6.45, 7) is 3.45. The molecular formula is C15H22N2. The van der Waals surface area contributed by atoms with E-state index < -0.39 is 0 Å². The lowest BCUT2D eigenvalue weighted by molar-refractivity contribution is 0.309. The van der Waals surface area contributed by atoms with E-state index in [0.717, 1.165) is 17.8 Å². The Balaban J connectivity index is 1.51. The molecule has 0 spiro atoms. The zero-order valence-electron chi connectivity index (χ0n) is 10.6. The maximum Gasteiger partial charge on any atom is 0.0293 e. The van der Waals surface area contributed by atoms with Crippen molar-refractivity contribution in [3.05, 3.63) is 30.1 Å². The number of pyridine rings is 1. The van der Waals surface area contributed by atoms with Crippen LogP contribution in [0, 0.1) is 17.8 Å². The fourth-order valence-electron chi connectivity index (χ4n) is 3.72. The number of rotatable bonds is 4. The molecule has 2 fully saturated rings. The Labute approximate surface area is 104 Å². The van der Waals surface area contributed by atoms with E-state index in [-0.39, 0.29) is 0 Å². The standard InChI is InChI=1S/C15H22N2/c1-11(13-4-6-16-7-5-13)17-10-15-9-12-2-3-14(15)8-12/h4-7,11-12,14-15,17H,2-3,8-10H2,1H3/t11-,12?,14?,15?/m0/s1. The molecule has 0 amide bonds. The van der Waals surface area contributed by atoms with Gasteiger partial charge in [0.05, 0.1) is 0 Å². The summed E-state index contributed by atoms with van der Waals surface area (Å²) in [6.07, 6.45) is 9.73. The third-order valence-corrected chi connectivity index (χ3v) is 4.78. The van der Waals surface area contributed by atoms with Gasteiger partial charge in [-0.1, -0.05) is 6.42 Å². The molecule has 2 aliphatic rings. The third-order valence-electron chi connectivity index (χ3n) is 4.78. The van der Waals surface area contributed by atoms with Crippen LogP contribution in [-0.2, 0) is 0 Å². The monoisotopic (exact) mass is 230 g/mol. The summed E-state index contributed by atoms with van der Waals surface area (Å²) in [5, 5.41) is 3.70. The molecule has 1 heterocycles. The predicted molar refractivity (Wildman–Crippen MR) is 69.6 cm³/mol. The summed E-state index contributed by atoms with van der Waals surface area (Å²) in [6, 6.07) is 4.67. The molecule has 1 N–H and O–H groups in total. The molecule has 2 aliphatic carbocycles. The second-order valence-electron chi connectivity index (χ2n) is 5.85. The van der Waals surface area contributed by atoms with Gasteiger partial charge in [0.25, 0.3) is 0 Å². The molecule has 2 saturated carbocycles. The van der Waals surface area contributed by atoms with E-state index in [0.29, 0.717) is 6.04 Å². The number of hydrogen-bond acceptors (Lipinski definition) is 2. The predicted octanol–water partition coefficient (Wildman–Crippen LogP) is 3.17. The van der Waals surface area contributed by atoms with Gasteiger partial charge in [0.15, 0.2) is 0 Å². The van der Waals surface area contributed by atoms with E-state index in [9.17, 15) is 0 Å². The molecule has 4 atom stereocenters. The van der Waals surface area contributed by atoms with Crippen molar-refractivity contribution in [2.24, 2.45) is 17.8 Å². The van der Waals surface area contributed by atoms with Gasteiger partial charge in [-0.2, -0.15) is 0 Å². The van der Waals surface area contributed by atoms with Crippen LogP contribution >= 0.6 is 0 Å². The smallest absolute Gasteiger partial charge is 0.0293 e. The molecule has 0 saturated heterocycles. The molecular weight excluding hydrogens is 208 g/mol. The first kappa shape index (κ1) is 11.2. The normalized spacial score (nSPS) is 32.9. The Kier molecular flexibility index (Phi) is 3.15. The van der Waals surface area contributed by atoms with E-state index in [4.69, 9.17) is 0 Å². The van der Waals surface area contributed by atoms with Crippen molar-refractivity contribution >= 4 is 0 Å². The van der Waals surface area contributed by atoms with Crippen LogP contribution in [0.2, 0.25) is 0 Å². The Morgan fingerprint density at radius 3 is 2.76 bits per heavy atom. The summed E-state index contributed by atoms with van der Waals surface area (Å²) >= 11 is 0. The lowest BCUT2D eigenvalue weighted by atomic mass is 9.88. The summed E-state index contributed by atoms with van der Waals surface area (Å²) in [5.41, 5.74) is 1.35. The molecule has 17 heavy (non-hydrogen) atoms. The molecule has 2 heteroatoms. The van der Waals surface area contributed by atoms with Gasteiger partial charge in [0.2, 0.25) is 0 Å². The van der Waals surface area contributed by atoms with Crippen molar-refractivity contribution in [2.75, 3.05) is 6.54 Å². The zero-order valence-corrected chi connectivity index (χ0v) is 10.6.